The van der Waals surface area contributed by atoms with Crippen LogP contribution in [0, 0.1) is 0 Å². The molecule has 0 spiro atoms. The van der Waals surface area contributed by atoms with Gasteiger partial charge in [0.25, 0.3) is 0 Å². The molecule has 20 heavy (non-hydrogen) atoms. The molecule has 2 rings (SSSR count). The number of aliphatic hydroxyl groups excluding tert-OH is 1. The lowest BCUT2D eigenvalue weighted by atomic mass is 10.1. The van der Waals surface area contributed by atoms with Crippen molar-refractivity contribution in [1.82, 2.24) is 4.31 Å². The Balaban J connectivity index is 2.41. The molecule has 0 unspecified atom stereocenters. The first-order valence-electron chi connectivity index (χ1n) is 7.32. The van der Waals surface area contributed by atoms with E-state index in [1.807, 2.05) is 13.0 Å². The molecule has 4 nitrogen and oxygen atoms in total. The Morgan fingerprint density at radius 2 is 1.80 bits per heavy atom. The molecule has 1 aliphatic rings. The molecule has 1 aliphatic heterocycles. The van der Waals surface area contributed by atoms with Gasteiger partial charge < -0.3 is 5.11 Å². The van der Waals surface area contributed by atoms with Gasteiger partial charge in [0, 0.05) is 13.1 Å². The number of aliphatic hydroxyl groups is 1. The van der Waals surface area contributed by atoms with E-state index in [9.17, 15) is 13.5 Å². The van der Waals surface area contributed by atoms with Gasteiger partial charge in [-0.05, 0) is 36.5 Å². The minimum absolute atomic E-state index is 0.132. The van der Waals surface area contributed by atoms with Gasteiger partial charge in [0.05, 0.1) is 11.5 Å². The van der Waals surface area contributed by atoms with Crippen LogP contribution in [-0.4, -0.2) is 30.9 Å². The summed E-state index contributed by atoms with van der Waals surface area (Å²) in [6.45, 7) is 3.03. The van der Waals surface area contributed by atoms with Gasteiger partial charge in [-0.3, -0.25) is 0 Å². The van der Waals surface area contributed by atoms with Gasteiger partial charge in [0.1, 0.15) is 0 Å². The molecule has 1 aromatic rings. The molecule has 0 amide bonds. The highest BCUT2D eigenvalue weighted by Crippen LogP contribution is 2.25. The highest BCUT2D eigenvalue weighted by atomic mass is 32.2. The van der Waals surface area contributed by atoms with Crippen molar-refractivity contribution in [2.75, 3.05) is 13.1 Å². The molecule has 0 aliphatic carbocycles. The predicted octanol–water partition coefficient (Wildman–Crippen LogP) is 2.31. The van der Waals surface area contributed by atoms with E-state index in [1.165, 1.54) is 0 Å². The third-order valence-electron chi connectivity index (χ3n) is 3.88. The molecule has 0 bridgehead atoms. The topological polar surface area (TPSA) is 57.6 Å². The van der Waals surface area contributed by atoms with Crippen LogP contribution in [0.1, 0.15) is 43.7 Å². The van der Waals surface area contributed by atoms with Crippen LogP contribution in [0.15, 0.2) is 23.1 Å². The van der Waals surface area contributed by atoms with E-state index in [0.717, 1.165) is 31.2 Å². The second kappa shape index (κ2) is 6.70. The first kappa shape index (κ1) is 15.5. The third-order valence-corrected chi connectivity index (χ3v) is 5.86. The maximum atomic E-state index is 12.8. The van der Waals surface area contributed by atoms with E-state index < -0.39 is 10.0 Å². The average Bonchev–Trinajstić information content (AvgIpc) is 2.76. The molecule has 1 N–H and O–H groups in total. The van der Waals surface area contributed by atoms with Gasteiger partial charge in [-0.1, -0.05) is 31.9 Å². The van der Waals surface area contributed by atoms with Crippen molar-refractivity contribution >= 4 is 10.0 Å². The molecule has 1 aromatic carbocycles. The fraction of sp³-hybridized carbons (Fsp3) is 0.600. The summed E-state index contributed by atoms with van der Waals surface area (Å²) in [6, 6.07) is 5.23. The third kappa shape index (κ3) is 3.22. The Labute approximate surface area is 121 Å². The standard InChI is InChI=1S/C15H23NO3S/c1-2-14-8-7-13(12-17)11-15(14)20(18,19)16-9-5-3-4-6-10-16/h7-8,11,17H,2-6,9-10,12H2,1H3. The Kier molecular flexibility index (Phi) is 5.18. The summed E-state index contributed by atoms with van der Waals surface area (Å²) in [6.07, 6.45) is 4.74. The number of rotatable bonds is 4. The second-order valence-corrected chi connectivity index (χ2v) is 7.18. The molecule has 1 heterocycles. The SMILES string of the molecule is CCc1ccc(CO)cc1S(=O)(=O)N1CCCCCC1. The number of sulfonamides is 1. The van der Waals surface area contributed by atoms with Crippen molar-refractivity contribution in [3.63, 3.8) is 0 Å². The number of aryl methyl sites for hydroxylation is 1. The number of hydrogen-bond acceptors (Lipinski definition) is 3. The normalized spacial score (nSPS) is 17.9. The molecule has 1 saturated heterocycles. The summed E-state index contributed by atoms with van der Waals surface area (Å²) >= 11 is 0. The highest BCUT2D eigenvalue weighted by Gasteiger charge is 2.27. The smallest absolute Gasteiger partial charge is 0.243 e. The lowest BCUT2D eigenvalue weighted by Gasteiger charge is -2.22. The molecule has 5 heteroatoms. The van der Waals surface area contributed by atoms with Gasteiger partial charge in [-0.2, -0.15) is 4.31 Å². The van der Waals surface area contributed by atoms with E-state index in [0.29, 0.717) is 30.0 Å². The molecule has 0 aromatic heterocycles. The lowest BCUT2D eigenvalue weighted by molar-refractivity contribution is 0.281. The summed E-state index contributed by atoms with van der Waals surface area (Å²) < 4.78 is 27.3. The predicted molar refractivity (Wildman–Crippen MR) is 79.0 cm³/mol. The van der Waals surface area contributed by atoms with Gasteiger partial charge in [-0.25, -0.2) is 8.42 Å². The van der Waals surface area contributed by atoms with Crippen molar-refractivity contribution in [3.05, 3.63) is 29.3 Å². The van der Waals surface area contributed by atoms with Crippen molar-refractivity contribution in [2.45, 2.75) is 50.5 Å². The maximum absolute atomic E-state index is 12.8. The van der Waals surface area contributed by atoms with Crippen LogP contribution < -0.4 is 0 Å². The van der Waals surface area contributed by atoms with Crippen LogP contribution in [0.3, 0.4) is 0 Å². The van der Waals surface area contributed by atoms with E-state index in [1.54, 1.807) is 16.4 Å². The summed E-state index contributed by atoms with van der Waals surface area (Å²) in [7, 11) is -3.44. The first-order valence-corrected chi connectivity index (χ1v) is 8.76. The molecular formula is C15H23NO3S. The minimum Gasteiger partial charge on any atom is -0.392 e. The Morgan fingerprint density at radius 3 is 2.35 bits per heavy atom. The molecule has 0 radical (unpaired) electrons. The zero-order valence-electron chi connectivity index (χ0n) is 12.0. The summed E-state index contributed by atoms with van der Waals surface area (Å²) in [5.74, 6) is 0. The Hall–Kier alpha value is -0.910. The van der Waals surface area contributed by atoms with Gasteiger partial charge in [0.15, 0.2) is 0 Å². The Morgan fingerprint density at radius 1 is 1.15 bits per heavy atom. The molecule has 0 saturated carbocycles. The van der Waals surface area contributed by atoms with Crippen LogP contribution in [-0.2, 0) is 23.1 Å². The molecular weight excluding hydrogens is 274 g/mol. The second-order valence-electron chi connectivity index (χ2n) is 5.27. The number of hydrogen-bond donors (Lipinski definition) is 1. The summed E-state index contributed by atoms with van der Waals surface area (Å²) in [4.78, 5) is 0.369. The van der Waals surface area contributed by atoms with Crippen molar-refractivity contribution in [1.29, 1.82) is 0 Å². The van der Waals surface area contributed by atoms with E-state index >= 15 is 0 Å². The fourth-order valence-corrected chi connectivity index (χ4v) is 4.51. The molecule has 1 fully saturated rings. The highest BCUT2D eigenvalue weighted by molar-refractivity contribution is 7.89. The first-order chi connectivity index (χ1) is 9.59. The average molecular weight is 297 g/mol. The lowest BCUT2D eigenvalue weighted by Crippen LogP contribution is -2.32. The van der Waals surface area contributed by atoms with Crippen LogP contribution >= 0.6 is 0 Å². The van der Waals surface area contributed by atoms with Crippen molar-refractivity contribution < 1.29 is 13.5 Å². The van der Waals surface area contributed by atoms with Crippen molar-refractivity contribution in [3.8, 4) is 0 Å². The van der Waals surface area contributed by atoms with E-state index in [4.69, 9.17) is 0 Å². The zero-order valence-corrected chi connectivity index (χ0v) is 12.8. The Bertz CT molecular complexity index is 546. The molecule has 0 atom stereocenters. The largest absolute Gasteiger partial charge is 0.392 e. The fourth-order valence-electron chi connectivity index (χ4n) is 2.65. The van der Waals surface area contributed by atoms with E-state index in [2.05, 4.69) is 0 Å². The zero-order chi connectivity index (χ0) is 14.6. The van der Waals surface area contributed by atoms with Gasteiger partial charge in [0.2, 0.25) is 10.0 Å². The number of nitrogens with zero attached hydrogens (tertiary/aromatic N) is 1. The maximum Gasteiger partial charge on any atom is 0.243 e. The summed E-state index contributed by atoms with van der Waals surface area (Å²) in [5.41, 5.74) is 1.47. The van der Waals surface area contributed by atoms with E-state index in [-0.39, 0.29) is 6.61 Å². The molecule has 112 valence electrons. The quantitative estimate of drug-likeness (QED) is 0.928. The number of benzene rings is 1. The van der Waals surface area contributed by atoms with Crippen LogP contribution in [0.5, 0.6) is 0 Å². The monoisotopic (exact) mass is 297 g/mol. The van der Waals surface area contributed by atoms with Crippen LogP contribution in [0.25, 0.3) is 0 Å². The van der Waals surface area contributed by atoms with Crippen LogP contribution in [0.2, 0.25) is 0 Å². The van der Waals surface area contributed by atoms with Crippen LogP contribution in [0.4, 0.5) is 0 Å². The summed E-state index contributed by atoms with van der Waals surface area (Å²) in [5, 5.41) is 9.24. The van der Waals surface area contributed by atoms with Crippen molar-refractivity contribution in [2.24, 2.45) is 0 Å². The van der Waals surface area contributed by atoms with Gasteiger partial charge >= 0.3 is 0 Å². The minimum atomic E-state index is -3.44. The van der Waals surface area contributed by atoms with Gasteiger partial charge in [-0.15, -0.1) is 0 Å².